The molecule has 0 radical (unpaired) electrons. The molecule has 3 aromatic rings. The van der Waals surface area contributed by atoms with E-state index in [-0.39, 0.29) is 40.5 Å². The van der Waals surface area contributed by atoms with Crippen molar-refractivity contribution in [2.24, 2.45) is 0 Å². The number of carbonyl (C=O) groups excluding carboxylic acids is 2. The number of nitrogens with zero attached hydrogens (tertiary/aromatic N) is 3. The maximum atomic E-state index is 13.5. The lowest BCUT2D eigenvalue weighted by molar-refractivity contribution is -0.119. The van der Waals surface area contributed by atoms with Gasteiger partial charge in [0.05, 0.1) is 19.2 Å². The van der Waals surface area contributed by atoms with E-state index >= 15 is 0 Å². The largest absolute Gasteiger partial charge is 0.493 e. The molecule has 222 valence electrons. The molecule has 0 bridgehead atoms. The van der Waals surface area contributed by atoms with Gasteiger partial charge in [-0.15, -0.1) is 11.3 Å². The Labute approximate surface area is 251 Å². The van der Waals surface area contributed by atoms with Gasteiger partial charge in [0.25, 0.3) is 0 Å². The number of hydrogen-bond acceptors (Lipinski definition) is 9. The Morgan fingerprint density at radius 3 is 2.88 bits per heavy atom. The molecule has 3 heterocycles. The van der Waals surface area contributed by atoms with Gasteiger partial charge < -0.3 is 19.3 Å². The lowest BCUT2D eigenvalue weighted by Gasteiger charge is -2.32. The Kier molecular flexibility index (Phi) is 7.76. The maximum absolute atomic E-state index is 13.5. The Hall–Kier alpha value is -4.84. The number of benzene rings is 1. The number of thiazole rings is 1. The van der Waals surface area contributed by atoms with Crippen LogP contribution in [0.25, 0.3) is 5.76 Å². The average molecular weight is 603 g/mol. The van der Waals surface area contributed by atoms with Crippen molar-refractivity contribution in [1.82, 2.24) is 14.5 Å². The van der Waals surface area contributed by atoms with Crippen molar-refractivity contribution in [2.45, 2.75) is 51.1 Å². The van der Waals surface area contributed by atoms with Gasteiger partial charge >= 0.3 is 11.7 Å². The van der Waals surface area contributed by atoms with Crippen LogP contribution in [0.2, 0.25) is 0 Å². The number of rotatable bonds is 8. The second-order valence-corrected chi connectivity index (χ2v) is 11.1. The summed E-state index contributed by atoms with van der Waals surface area (Å²) in [6.07, 6.45) is 11.9. The van der Waals surface area contributed by atoms with E-state index in [2.05, 4.69) is 16.0 Å². The molecule has 2 atom stereocenters. The summed E-state index contributed by atoms with van der Waals surface area (Å²) in [6, 6.07) is 6.17. The molecule has 12 heteroatoms. The van der Waals surface area contributed by atoms with Gasteiger partial charge in [-0.2, -0.15) is 0 Å². The highest BCUT2D eigenvalue weighted by atomic mass is 32.1. The number of nitrogens with one attached hydrogen (secondary N) is 1. The summed E-state index contributed by atoms with van der Waals surface area (Å²) in [7, 11) is 1.26. The topological polar surface area (TPSA) is 136 Å². The molecule has 2 aromatic heterocycles. The molecule has 11 nitrogen and oxygen atoms in total. The van der Waals surface area contributed by atoms with Gasteiger partial charge in [0, 0.05) is 18.2 Å². The summed E-state index contributed by atoms with van der Waals surface area (Å²) in [5, 5.41) is 13.3. The van der Waals surface area contributed by atoms with Crippen LogP contribution in [0, 0.1) is 0 Å². The number of anilines is 1. The molecular weight excluding hydrogens is 572 g/mol. The summed E-state index contributed by atoms with van der Waals surface area (Å²) in [5.74, 6) is -0.514. The molecule has 1 aromatic carbocycles. The molecule has 3 aliphatic rings. The van der Waals surface area contributed by atoms with Crippen LogP contribution < -0.4 is 10.6 Å². The van der Waals surface area contributed by atoms with Crippen molar-refractivity contribution in [1.29, 1.82) is 0 Å². The average Bonchev–Trinajstić information content (AvgIpc) is 3.73. The van der Waals surface area contributed by atoms with Crippen molar-refractivity contribution in [3.8, 4) is 5.88 Å². The van der Waals surface area contributed by atoms with Gasteiger partial charge in [-0.05, 0) is 30.4 Å². The van der Waals surface area contributed by atoms with Crippen LogP contribution in [0.1, 0.15) is 72.0 Å². The minimum Gasteiger partial charge on any atom is -0.493 e. The van der Waals surface area contributed by atoms with E-state index in [0.29, 0.717) is 18.6 Å². The standard InChI is InChI=1S/C31H30N4O7S/c1-3-25(36)35(31-32-22(17-43-31)29(38)40-2)27-21-12-8-7-11-19(21)14-23(27)34-28(37)26(33-30(34)39)24-16-41-15-20(42-24)13-18-9-5-4-6-10-18/h4-5,7-9,11-12,15-17,23,27,37H,3,6,10,13-14H2,1-2H3,(H,33,39). The van der Waals surface area contributed by atoms with Crippen molar-refractivity contribution >= 4 is 34.1 Å². The van der Waals surface area contributed by atoms with Crippen LogP contribution in [0.4, 0.5) is 5.13 Å². The van der Waals surface area contributed by atoms with E-state index in [1.165, 1.54) is 40.1 Å². The number of aromatic nitrogens is 3. The number of ether oxygens (including phenoxy) is 3. The minimum atomic E-state index is -0.702. The van der Waals surface area contributed by atoms with E-state index in [0.717, 1.165) is 35.3 Å². The number of hydrogen-bond donors (Lipinski definition) is 2. The summed E-state index contributed by atoms with van der Waals surface area (Å²) in [6.45, 7) is 1.73. The number of aromatic hydroxyl groups is 1. The summed E-state index contributed by atoms with van der Waals surface area (Å²) in [4.78, 5) is 47.9. The summed E-state index contributed by atoms with van der Waals surface area (Å²) < 4.78 is 17.7. The smallest absolute Gasteiger partial charge is 0.357 e. The third-order valence-corrected chi connectivity index (χ3v) is 8.55. The maximum Gasteiger partial charge on any atom is 0.357 e. The molecule has 43 heavy (non-hydrogen) atoms. The number of amides is 1. The lowest BCUT2D eigenvalue weighted by Crippen LogP contribution is -2.39. The predicted molar refractivity (Wildman–Crippen MR) is 159 cm³/mol. The van der Waals surface area contributed by atoms with Gasteiger partial charge in [0.1, 0.15) is 24.0 Å². The zero-order valence-electron chi connectivity index (χ0n) is 23.6. The fourth-order valence-corrected chi connectivity index (χ4v) is 6.56. The second-order valence-electron chi connectivity index (χ2n) is 10.3. The van der Waals surface area contributed by atoms with Gasteiger partial charge in [-0.3, -0.25) is 19.2 Å². The highest BCUT2D eigenvalue weighted by Crippen LogP contribution is 2.47. The summed E-state index contributed by atoms with van der Waals surface area (Å²) in [5.41, 5.74) is 2.48. The normalized spacial score (nSPS) is 19.0. The number of methoxy groups -OCH3 is 1. The highest BCUT2D eigenvalue weighted by Gasteiger charge is 2.43. The van der Waals surface area contributed by atoms with Crippen LogP contribution in [0.5, 0.6) is 5.88 Å². The molecule has 1 aliphatic heterocycles. The highest BCUT2D eigenvalue weighted by molar-refractivity contribution is 7.14. The van der Waals surface area contributed by atoms with Crippen molar-refractivity contribution in [2.75, 3.05) is 12.0 Å². The lowest BCUT2D eigenvalue weighted by atomic mass is 10.0. The molecule has 0 saturated carbocycles. The Balaban J connectivity index is 1.37. The van der Waals surface area contributed by atoms with Gasteiger partial charge in [0.2, 0.25) is 11.8 Å². The molecule has 2 N–H and O–H groups in total. The van der Waals surface area contributed by atoms with Crippen LogP contribution in [0.3, 0.4) is 0 Å². The van der Waals surface area contributed by atoms with Crippen LogP contribution in [0.15, 0.2) is 76.5 Å². The zero-order chi connectivity index (χ0) is 30.1. The quantitative estimate of drug-likeness (QED) is 0.333. The number of aromatic amines is 1. The summed E-state index contributed by atoms with van der Waals surface area (Å²) >= 11 is 1.13. The number of allylic oxidation sites excluding steroid dienone is 4. The third-order valence-electron chi connectivity index (χ3n) is 7.71. The molecule has 0 fully saturated rings. The van der Waals surface area contributed by atoms with Crippen LogP contribution >= 0.6 is 11.3 Å². The third kappa shape index (κ3) is 5.29. The first-order valence-corrected chi connectivity index (χ1v) is 14.8. The van der Waals surface area contributed by atoms with Gasteiger partial charge in [-0.25, -0.2) is 14.6 Å². The SMILES string of the molecule is CCC(=O)N(c1nc(C(=O)OC)cs1)C1c2ccccc2CC1n1c(O)c(C2=COC=C(CC3=CC=CCC3)O2)[nH]c1=O. The van der Waals surface area contributed by atoms with Gasteiger partial charge in [0.15, 0.2) is 16.6 Å². The first kappa shape index (κ1) is 28.3. The van der Waals surface area contributed by atoms with Gasteiger partial charge in [-0.1, -0.05) is 55.0 Å². The number of carbonyl (C=O) groups is 2. The van der Waals surface area contributed by atoms with Crippen molar-refractivity contribution < 1.29 is 28.9 Å². The minimum absolute atomic E-state index is 0.0680. The van der Waals surface area contributed by atoms with E-state index < -0.39 is 23.7 Å². The number of fused-ring (bicyclic) bond motifs is 1. The van der Waals surface area contributed by atoms with E-state index in [1.807, 2.05) is 36.4 Å². The first-order valence-electron chi connectivity index (χ1n) is 13.9. The molecule has 2 aliphatic carbocycles. The fraction of sp³-hybridized carbons (Fsp3) is 0.290. The molecular formula is C31H30N4O7S. The number of H-pyrrole nitrogens is 1. The van der Waals surface area contributed by atoms with E-state index in [1.54, 1.807) is 6.92 Å². The molecule has 2 unspecified atom stereocenters. The molecule has 0 spiro atoms. The van der Waals surface area contributed by atoms with E-state index in [4.69, 9.17) is 14.2 Å². The first-order chi connectivity index (χ1) is 20.9. The Bertz CT molecular complexity index is 1760. The molecule has 0 saturated heterocycles. The number of esters is 1. The zero-order valence-corrected chi connectivity index (χ0v) is 24.4. The predicted octanol–water partition coefficient (Wildman–Crippen LogP) is 5.26. The number of imidazole rings is 1. The molecule has 1 amide bonds. The second kappa shape index (κ2) is 11.8. The van der Waals surface area contributed by atoms with E-state index in [9.17, 15) is 19.5 Å². The Morgan fingerprint density at radius 1 is 1.28 bits per heavy atom. The Morgan fingerprint density at radius 2 is 2.12 bits per heavy atom. The van der Waals surface area contributed by atoms with Crippen molar-refractivity contribution in [3.63, 3.8) is 0 Å². The monoisotopic (exact) mass is 602 g/mol. The van der Waals surface area contributed by atoms with Crippen LogP contribution in [-0.4, -0.2) is 38.6 Å². The molecule has 6 rings (SSSR count). The fourth-order valence-electron chi connectivity index (χ4n) is 5.71. The van der Waals surface area contributed by atoms with Crippen molar-refractivity contribution in [3.05, 3.63) is 105 Å². The van der Waals surface area contributed by atoms with Crippen LogP contribution in [-0.2, 0) is 25.4 Å².